The quantitative estimate of drug-likeness (QED) is 0.591. The number of aliphatic hydroxyl groups excluding tert-OH is 1. The number of likely N-dealkylation sites (tertiary alicyclic amines) is 1. The van der Waals surface area contributed by atoms with E-state index in [0.29, 0.717) is 19.4 Å². The van der Waals surface area contributed by atoms with Gasteiger partial charge in [0.2, 0.25) is 0 Å². The van der Waals surface area contributed by atoms with Gasteiger partial charge < -0.3 is 19.5 Å². The van der Waals surface area contributed by atoms with Crippen LogP contribution >= 0.6 is 0 Å². The maximum atomic E-state index is 12.9. The second kappa shape index (κ2) is 10.0. The number of rotatable bonds is 5. The summed E-state index contributed by atoms with van der Waals surface area (Å²) < 4.78 is 50.4. The normalized spacial score (nSPS) is 20.3. The van der Waals surface area contributed by atoms with Crippen molar-refractivity contribution < 1.29 is 32.5 Å². The van der Waals surface area contributed by atoms with Crippen LogP contribution in [0.15, 0.2) is 54.6 Å². The molecule has 0 bridgehead atoms. The zero-order chi connectivity index (χ0) is 24.2. The number of benzene rings is 2. The monoisotopic (exact) mass is 465 g/mol. The van der Waals surface area contributed by atoms with Gasteiger partial charge in [0, 0.05) is 13.0 Å². The largest absolute Gasteiger partial charge is 0.486 e. The van der Waals surface area contributed by atoms with Gasteiger partial charge in [-0.25, -0.2) is 4.79 Å². The van der Waals surface area contributed by atoms with Crippen LogP contribution in [0.4, 0.5) is 18.0 Å². The Hall–Kier alpha value is -2.74. The van der Waals surface area contributed by atoms with E-state index in [1.165, 1.54) is 17.0 Å². The Bertz CT molecular complexity index is 910. The summed E-state index contributed by atoms with van der Waals surface area (Å²) in [5.41, 5.74) is -0.649. The minimum Gasteiger partial charge on any atom is -0.486 e. The van der Waals surface area contributed by atoms with Gasteiger partial charge in [-0.2, -0.15) is 13.2 Å². The topological polar surface area (TPSA) is 59.0 Å². The van der Waals surface area contributed by atoms with Gasteiger partial charge in [0.1, 0.15) is 17.5 Å². The molecule has 1 amide bonds. The Labute approximate surface area is 192 Å². The van der Waals surface area contributed by atoms with Crippen molar-refractivity contribution in [2.45, 2.75) is 70.1 Å². The van der Waals surface area contributed by atoms with Gasteiger partial charge >= 0.3 is 12.3 Å². The summed E-state index contributed by atoms with van der Waals surface area (Å²) in [6.45, 7) is 5.78. The molecule has 33 heavy (non-hydrogen) atoms. The number of ether oxygens (including phenoxy) is 2. The molecular weight excluding hydrogens is 435 g/mol. The third kappa shape index (κ3) is 6.87. The van der Waals surface area contributed by atoms with Gasteiger partial charge in [0.15, 0.2) is 0 Å². The number of hydrogen-bond donors (Lipinski definition) is 1. The predicted octanol–water partition coefficient (Wildman–Crippen LogP) is 5.98. The van der Waals surface area contributed by atoms with Crippen molar-refractivity contribution in [3.63, 3.8) is 0 Å². The molecule has 3 unspecified atom stereocenters. The molecule has 1 fully saturated rings. The molecule has 1 aliphatic heterocycles. The van der Waals surface area contributed by atoms with Gasteiger partial charge in [-0.3, -0.25) is 0 Å². The number of piperidine rings is 1. The first-order valence-corrected chi connectivity index (χ1v) is 11.0. The van der Waals surface area contributed by atoms with Crippen LogP contribution in [0.1, 0.15) is 57.3 Å². The van der Waals surface area contributed by atoms with Gasteiger partial charge in [-0.1, -0.05) is 30.3 Å². The highest BCUT2D eigenvalue weighted by atomic mass is 19.4. The Morgan fingerprint density at radius 2 is 1.73 bits per heavy atom. The molecule has 3 atom stereocenters. The Balaban J connectivity index is 1.85. The van der Waals surface area contributed by atoms with Crippen molar-refractivity contribution >= 4 is 6.09 Å². The molecule has 0 aromatic heterocycles. The average Bonchev–Trinajstić information content (AvgIpc) is 2.73. The van der Waals surface area contributed by atoms with Crippen LogP contribution in [0.5, 0.6) is 5.75 Å². The molecule has 1 heterocycles. The summed E-state index contributed by atoms with van der Waals surface area (Å²) in [5, 5.41) is 10.7. The fourth-order valence-corrected chi connectivity index (χ4v) is 3.89. The molecule has 0 saturated carbocycles. The summed E-state index contributed by atoms with van der Waals surface area (Å²) in [5.74, 6) is 0.269. The molecule has 0 aliphatic carbocycles. The number of halogens is 3. The second-order valence-corrected chi connectivity index (χ2v) is 9.23. The van der Waals surface area contributed by atoms with E-state index in [2.05, 4.69) is 0 Å². The Morgan fingerprint density at radius 3 is 2.30 bits per heavy atom. The standard InChI is InChI=1S/C25H30F3NO4/c1-24(2,3)33-23(31)29-15-7-10-21(30)20(29)16-22(17-8-5-4-6-9-17)32-19-13-11-18(12-14-19)25(26,27)28/h4-6,8-9,11-14,20-22,30H,7,10,15-16H2,1-3H3. The van der Waals surface area contributed by atoms with Gasteiger partial charge in [0.25, 0.3) is 0 Å². The first-order valence-electron chi connectivity index (χ1n) is 11.0. The van der Waals surface area contributed by atoms with Crippen molar-refractivity contribution in [3.8, 4) is 5.75 Å². The predicted molar refractivity (Wildman–Crippen MR) is 118 cm³/mol. The fourth-order valence-electron chi connectivity index (χ4n) is 3.89. The lowest BCUT2D eigenvalue weighted by atomic mass is 9.92. The van der Waals surface area contributed by atoms with E-state index >= 15 is 0 Å². The van der Waals surface area contributed by atoms with Gasteiger partial charge in [-0.05, 0) is 63.4 Å². The zero-order valence-corrected chi connectivity index (χ0v) is 19.0. The van der Waals surface area contributed by atoms with Crippen LogP contribution in [0.3, 0.4) is 0 Å². The summed E-state index contributed by atoms with van der Waals surface area (Å²) in [6.07, 6.45) is -4.87. The molecule has 180 valence electrons. The lowest BCUT2D eigenvalue weighted by Crippen LogP contribution is -2.53. The number of aliphatic hydroxyl groups is 1. The molecule has 1 N–H and O–H groups in total. The molecule has 1 saturated heterocycles. The van der Waals surface area contributed by atoms with E-state index in [1.807, 2.05) is 30.3 Å². The smallest absolute Gasteiger partial charge is 0.416 e. The number of nitrogens with zero attached hydrogens (tertiary/aromatic N) is 1. The van der Waals surface area contributed by atoms with Crippen LogP contribution in [0.25, 0.3) is 0 Å². The number of amides is 1. The highest BCUT2D eigenvalue weighted by Crippen LogP contribution is 2.34. The van der Waals surface area contributed by atoms with Gasteiger partial charge in [-0.15, -0.1) is 0 Å². The van der Waals surface area contributed by atoms with E-state index in [4.69, 9.17) is 9.47 Å². The zero-order valence-electron chi connectivity index (χ0n) is 19.0. The molecule has 3 rings (SSSR count). The highest BCUT2D eigenvalue weighted by molar-refractivity contribution is 5.68. The van der Waals surface area contributed by atoms with Gasteiger partial charge in [0.05, 0.1) is 17.7 Å². The van der Waals surface area contributed by atoms with E-state index < -0.39 is 41.7 Å². The first-order chi connectivity index (χ1) is 15.4. The maximum absolute atomic E-state index is 12.9. The molecule has 0 spiro atoms. The number of carbonyl (C=O) groups excluding carboxylic acids is 1. The summed E-state index contributed by atoms with van der Waals surface area (Å²) >= 11 is 0. The molecule has 2 aromatic rings. The fraction of sp³-hybridized carbons (Fsp3) is 0.480. The lowest BCUT2D eigenvalue weighted by Gasteiger charge is -2.41. The minimum absolute atomic E-state index is 0.255. The molecule has 2 aromatic carbocycles. The van der Waals surface area contributed by atoms with E-state index in [1.54, 1.807) is 20.8 Å². The number of hydrogen-bond acceptors (Lipinski definition) is 4. The molecule has 0 radical (unpaired) electrons. The number of carbonyl (C=O) groups is 1. The van der Waals surface area contributed by atoms with Crippen LogP contribution in [-0.4, -0.2) is 40.4 Å². The molecule has 8 heteroatoms. The third-order valence-corrected chi connectivity index (χ3v) is 5.46. The van der Waals surface area contributed by atoms with E-state index in [-0.39, 0.29) is 12.2 Å². The summed E-state index contributed by atoms with van der Waals surface area (Å²) in [7, 11) is 0. The molecular formula is C25H30F3NO4. The minimum atomic E-state index is -4.43. The van der Waals surface area contributed by atoms with Crippen LogP contribution in [0.2, 0.25) is 0 Å². The van der Waals surface area contributed by atoms with Crippen molar-refractivity contribution in [1.82, 2.24) is 4.90 Å². The van der Waals surface area contributed by atoms with Crippen molar-refractivity contribution in [2.24, 2.45) is 0 Å². The molecule has 5 nitrogen and oxygen atoms in total. The third-order valence-electron chi connectivity index (χ3n) is 5.46. The maximum Gasteiger partial charge on any atom is 0.416 e. The second-order valence-electron chi connectivity index (χ2n) is 9.23. The SMILES string of the molecule is CC(C)(C)OC(=O)N1CCCC(O)C1CC(Oc1ccc(C(F)(F)F)cc1)c1ccccc1. The van der Waals surface area contributed by atoms with Crippen molar-refractivity contribution in [3.05, 3.63) is 65.7 Å². The highest BCUT2D eigenvalue weighted by Gasteiger charge is 2.38. The van der Waals surface area contributed by atoms with E-state index in [9.17, 15) is 23.1 Å². The summed E-state index contributed by atoms with van der Waals surface area (Å²) in [4.78, 5) is 14.4. The van der Waals surface area contributed by atoms with Crippen molar-refractivity contribution in [2.75, 3.05) is 6.54 Å². The molecule has 1 aliphatic rings. The Morgan fingerprint density at radius 1 is 1.09 bits per heavy atom. The summed E-state index contributed by atoms with van der Waals surface area (Å²) in [6, 6.07) is 13.2. The van der Waals surface area contributed by atoms with Crippen LogP contribution in [-0.2, 0) is 10.9 Å². The van der Waals surface area contributed by atoms with Crippen molar-refractivity contribution in [1.29, 1.82) is 0 Å². The average molecular weight is 466 g/mol. The van der Waals surface area contributed by atoms with Crippen LogP contribution in [0, 0.1) is 0 Å². The van der Waals surface area contributed by atoms with Crippen LogP contribution < -0.4 is 4.74 Å². The lowest BCUT2D eigenvalue weighted by molar-refractivity contribution is -0.137. The number of alkyl halides is 3. The Kier molecular flexibility index (Phi) is 7.57. The first kappa shape index (κ1) is 24.9. The van der Waals surface area contributed by atoms with E-state index in [0.717, 1.165) is 17.7 Å².